The lowest BCUT2D eigenvalue weighted by Crippen LogP contribution is -2.20. The second kappa shape index (κ2) is 9.60. The zero-order chi connectivity index (χ0) is 22.6. The summed E-state index contributed by atoms with van der Waals surface area (Å²) < 4.78 is 2.18. The summed E-state index contributed by atoms with van der Waals surface area (Å²) in [5.41, 5.74) is 11.2. The Kier molecular flexibility index (Phi) is 6.24. The Hall–Kier alpha value is -3.42. The number of aryl methyl sites for hydroxylation is 1. The summed E-state index contributed by atoms with van der Waals surface area (Å²) in [4.78, 5) is 10.6. The lowest BCUT2D eigenvalue weighted by atomic mass is 10.0. The SMILES string of the molecule is N[C@@H](Cc1c[nH]c2ccccc12)c1nnc(Cc2cccc(Cl)c2)n1CCCc1cnc[nH]1. The van der Waals surface area contributed by atoms with Crippen molar-refractivity contribution in [2.45, 2.75) is 38.3 Å². The van der Waals surface area contributed by atoms with Gasteiger partial charge in [-0.15, -0.1) is 10.2 Å². The molecule has 0 amide bonds. The number of aromatic amines is 2. The normalized spacial score (nSPS) is 12.4. The van der Waals surface area contributed by atoms with Gasteiger partial charge in [-0.3, -0.25) is 0 Å². The summed E-state index contributed by atoms with van der Waals surface area (Å²) in [5.74, 6) is 1.70. The van der Waals surface area contributed by atoms with Gasteiger partial charge >= 0.3 is 0 Å². The lowest BCUT2D eigenvalue weighted by Gasteiger charge is -2.15. The second-order valence-corrected chi connectivity index (χ2v) is 8.72. The molecule has 3 heterocycles. The third kappa shape index (κ3) is 4.84. The van der Waals surface area contributed by atoms with Gasteiger partial charge in [-0.1, -0.05) is 41.9 Å². The number of H-pyrrole nitrogens is 2. The molecular weight excluding hydrogens is 434 g/mol. The molecule has 5 aromatic rings. The van der Waals surface area contributed by atoms with Gasteiger partial charge in [-0.2, -0.15) is 0 Å². The molecular formula is C25H26ClN7. The fraction of sp³-hybridized carbons (Fsp3) is 0.240. The van der Waals surface area contributed by atoms with E-state index in [-0.39, 0.29) is 6.04 Å². The monoisotopic (exact) mass is 459 g/mol. The fourth-order valence-electron chi connectivity index (χ4n) is 4.31. The molecule has 7 nitrogen and oxygen atoms in total. The summed E-state index contributed by atoms with van der Waals surface area (Å²) in [5, 5.41) is 11.0. The lowest BCUT2D eigenvalue weighted by molar-refractivity contribution is 0.548. The van der Waals surface area contributed by atoms with Crippen LogP contribution in [0.25, 0.3) is 10.9 Å². The third-order valence-corrected chi connectivity index (χ3v) is 6.17. The van der Waals surface area contributed by atoms with Crippen LogP contribution in [0.2, 0.25) is 5.02 Å². The van der Waals surface area contributed by atoms with Gasteiger partial charge in [-0.05, 0) is 48.6 Å². The topological polar surface area (TPSA) is 101 Å². The predicted molar refractivity (Wildman–Crippen MR) is 130 cm³/mol. The standard InChI is InChI=1S/C25H26ClN7/c26-19-6-3-5-17(11-19)12-24-31-32-25(33(24)10-4-7-20-15-28-16-30-20)22(27)13-18-14-29-23-9-2-1-8-21(18)23/h1-3,5-6,8-9,11,14-16,22,29H,4,7,10,12-13,27H2,(H,28,30)/t22-/m0/s1. The maximum atomic E-state index is 6.70. The number of rotatable bonds is 9. The molecule has 0 spiro atoms. The Balaban J connectivity index is 1.40. The molecule has 0 fully saturated rings. The molecule has 5 rings (SSSR count). The maximum absolute atomic E-state index is 6.70. The van der Waals surface area contributed by atoms with Crippen LogP contribution in [-0.2, 0) is 25.8 Å². The van der Waals surface area contributed by atoms with Crippen molar-refractivity contribution < 1.29 is 0 Å². The van der Waals surface area contributed by atoms with Crippen LogP contribution in [0.15, 0.2) is 67.3 Å². The maximum Gasteiger partial charge on any atom is 0.150 e. The van der Waals surface area contributed by atoms with E-state index in [4.69, 9.17) is 17.3 Å². The molecule has 0 saturated heterocycles. The predicted octanol–water partition coefficient (Wildman–Crippen LogP) is 4.60. The molecule has 33 heavy (non-hydrogen) atoms. The van der Waals surface area contributed by atoms with Gasteiger partial charge in [0.05, 0.1) is 12.4 Å². The number of benzene rings is 2. The molecule has 0 aliphatic carbocycles. The molecule has 168 valence electrons. The number of halogens is 1. The van der Waals surface area contributed by atoms with E-state index < -0.39 is 0 Å². The van der Waals surface area contributed by atoms with Crippen LogP contribution >= 0.6 is 11.6 Å². The van der Waals surface area contributed by atoms with Crippen molar-refractivity contribution in [1.29, 1.82) is 0 Å². The first kappa shape index (κ1) is 21.4. The second-order valence-electron chi connectivity index (χ2n) is 8.28. The number of aromatic nitrogens is 6. The van der Waals surface area contributed by atoms with Crippen molar-refractivity contribution in [3.8, 4) is 0 Å². The van der Waals surface area contributed by atoms with Gasteiger partial charge in [0, 0.05) is 47.0 Å². The van der Waals surface area contributed by atoms with Crippen molar-refractivity contribution in [3.05, 3.63) is 101 Å². The zero-order valence-electron chi connectivity index (χ0n) is 18.2. The van der Waals surface area contributed by atoms with Crippen molar-refractivity contribution in [3.63, 3.8) is 0 Å². The van der Waals surface area contributed by atoms with E-state index in [1.54, 1.807) is 6.33 Å². The van der Waals surface area contributed by atoms with E-state index in [1.807, 2.05) is 42.7 Å². The highest BCUT2D eigenvalue weighted by Crippen LogP contribution is 2.24. The van der Waals surface area contributed by atoms with E-state index in [0.717, 1.165) is 47.8 Å². The average Bonchev–Trinajstić information content (AvgIpc) is 3.56. The Bertz CT molecular complexity index is 1340. The molecule has 0 bridgehead atoms. The third-order valence-electron chi connectivity index (χ3n) is 5.94. The highest BCUT2D eigenvalue weighted by atomic mass is 35.5. The van der Waals surface area contributed by atoms with Crippen LogP contribution < -0.4 is 5.73 Å². The molecule has 0 unspecified atom stereocenters. The number of hydrogen-bond acceptors (Lipinski definition) is 4. The molecule has 8 heteroatoms. The number of fused-ring (bicyclic) bond motifs is 1. The van der Waals surface area contributed by atoms with Crippen molar-refractivity contribution >= 4 is 22.5 Å². The van der Waals surface area contributed by atoms with E-state index in [1.165, 1.54) is 10.9 Å². The summed E-state index contributed by atoms with van der Waals surface area (Å²) >= 11 is 6.20. The summed E-state index contributed by atoms with van der Waals surface area (Å²) in [6.45, 7) is 0.777. The number of para-hydroxylation sites is 1. The van der Waals surface area contributed by atoms with E-state index in [0.29, 0.717) is 17.9 Å². The molecule has 1 atom stereocenters. The van der Waals surface area contributed by atoms with E-state index in [9.17, 15) is 0 Å². The number of hydrogen-bond donors (Lipinski definition) is 3. The smallest absolute Gasteiger partial charge is 0.150 e. The highest BCUT2D eigenvalue weighted by molar-refractivity contribution is 6.30. The number of imidazole rings is 1. The first-order chi connectivity index (χ1) is 16.2. The molecule has 3 aromatic heterocycles. The number of nitrogens with two attached hydrogens (primary N) is 1. The van der Waals surface area contributed by atoms with E-state index in [2.05, 4.69) is 47.9 Å². The number of nitrogens with one attached hydrogen (secondary N) is 2. The summed E-state index contributed by atoms with van der Waals surface area (Å²) in [7, 11) is 0. The molecule has 2 aromatic carbocycles. The number of nitrogens with zero attached hydrogens (tertiary/aromatic N) is 4. The first-order valence-corrected chi connectivity index (χ1v) is 11.5. The highest BCUT2D eigenvalue weighted by Gasteiger charge is 2.20. The van der Waals surface area contributed by atoms with Crippen LogP contribution in [0.4, 0.5) is 0 Å². The van der Waals surface area contributed by atoms with E-state index >= 15 is 0 Å². The Morgan fingerprint density at radius 2 is 1.97 bits per heavy atom. The van der Waals surface area contributed by atoms with Crippen molar-refractivity contribution in [2.75, 3.05) is 0 Å². The Morgan fingerprint density at radius 3 is 2.82 bits per heavy atom. The van der Waals surface area contributed by atoms with Gasteiger partial charge in [-0.25, -0.2) is 4.98 Å². The fourth-order valence-corrected chi connectivity index (χ4v) is 4.52. The van der Waals surface area contributed by atoms with Crippen LogP contribution in [0.3, 0.4) is 0 Å². The van der Waals surface area contributed by atoms with Crippen molar-refractivity contribution in [2.24, 2.45) is 5.73 Å². The summed E-state index contributed by atoms with van der Waals surface area (Å²) in [6.07, 6.45) is 8.76. The van der Waals surface area contributed by atoms with Gasteiger partial charge in [0.2, 0.25) is 0 Å². The Labute approximate surface area is 197 Å². The molecule has 4 N–H and O–H groups in total. The van der Waals surface area contributed by atoms with Gasteiger partial charge in [0.25, 0.3) is 0 Å². The van der Waals surface area contributed by atoms with Crippen LogP contribution in [0.5, 0.6) is 0 Å². The zero-order valence-corrected chi connectivity index (χ0v) is 19.0. The molecule has 0 aliphatic heterocycles. The minimum absolute atomic E-state index is 0.267. The minimum atomic E-state index is -0.267. The molecule has 0 radical (unpaired) electrons. The van der Waals surface area contributed by atoms with Gasteiger partial charge in [0.1, 0.15) is 11.6 Å². The van der Waals surface area contributed by atoms with Gasteiger partial charge in [0.15, 0.2) is 0 Å². The minimum Gasteiger partial charge on any atom is -0.361 e. The van der Waals surface area contributed by atoms with Crippen LogP contribution in [-0.4, -0.2) is 29.7 Å². The van der Waals surface area contributed by atoms with Crippen LogP contribution in [0, 0.1) is 0 Å². The molecule has 0 aliphatic rings. The Morgan fingerprint density at radius 1 is 1.06 bits per heavy atom. The summed E-state index contributed by atoms with van der Waals surface area (Å²) in [6, 6.07) is 15.9. The first-order valence-electron chi connectivity index (χ1n) is 11.1. The van der Waals surface area contributed by atoms with Crippen molar-refractivity contribution in [1.82, 2.24) is 29.7 Å². The quantitative estimate of drug-likeness (QED) is 0.299. The largest absolute Gasteiger partial charge is 0.361 e. The average molecular weight is 460 g/mol. The molecule has 0 saturated carbocycles. The van der Waals surface area contributed by atoms with Gasteiger partial charge < -0.3 is 20.3 Å². The van der Waals surface area contributed by atoms with Crippen LogP contribution in [0.1, 0.15) is 40.9 Å².